The Balaban J connectivity index is 1.33. The summed E-state index contributed by atoms with van der Waals surface area (Å²) in [6.45, 7) is 15.7. The van der Waals surface area contributed by atoms with Gasteiger partial charge in [-0.25, -0.2) is 4.98 Å². The van der Waals surface area contributed by atoms with E-state index in [4.69, 9.17) is 4.98 Å². The Kier molecular flexibility index (Phi) is 7.60. The van der Waals surface area contributed by atoms with Gasteiger partial charge in [-0.1, -0.05) is 111 Å². The van der Waals surface area contributed by atoms with Crippen molar-refractivity contribution < 1.29 is 0 Å². The number of aromatic nitrogens is 3. The maximum atomic E-state index is 5.08. The van der Waals surface area contributed by atoms with Crippen LogP contribution in [-0.4, -0.2) is 14.1 Å². The first-order chi connectivity index (χ1) is 24.1. The number of hydrogen-bond donors (Lipinski definition) is 0. The van der Waals surface area contributed by atoms with Crippen LogP contribution in [0.15, 0.2) is 134 Å². The normalized spacial score (nSPS) is 11.9. The van der Waals surface area contributed by atoms with Crippen LogP contribution in [0, 0.1) is 27.7 Å². The molecule has 0 unspecified atom stereocenters. The fraction of sp³-hybridized carbons (Fsp3) is 0.170. The van der Waals surface area contributed by atoms with Gasteiger partial charge in [0, 0.05) is 45.0 Å². The molecule has 8 rings (SSSR count). The van der Waals surface area contributed by atoms with Crippen LogP contribution in [0.5, 0.6) is 0 Å². The van der Waals surface area contributed by atoms with Crippen molar-refractivity contribution in [2.75, 3.05) is 0 Å². The highest BCUT2D eigenvalue weighted by molar-refractivity contribution is 6.10. The van der Waals surface area contributed by atoms with E-state index in [9.17, 15) is 0 Å². The van der Waals surface area contributed by atoms with E-state index < -0.39 is 0 Å². The van der Waals surface area contributed by atoms with Gasteiger partial charge in [0.1, 0.15) is 5.82 Å². The molecule has 0 amide bonds. The highest BCUT2D eigenvalue weighted by Gasteiger charge is 2.23. The van der Waals surface area contributed by atoms with Gasteiger partial charge < -0.3 is 4.57 Å². The summed E-state index contributed by atoms with van der Waals surface area (Å²) in [5.74, 6) is 0.932. The third-order valence-corrected chi connectivity index (χ3v) is 10.1. The Morgan fingerprint density at radius 1 is 0.520 bits per heavy atom. The fourth-order valence-corrected chi connectivity index (χ4v) is 7.81. The van der Waals surface area contributed by atoms with E-state index in [1.54, 1.807) is 0 Å². The molecule has 3 heteroatoms. The summed E-state index contributed by atoms with van der Waals surface area (Å²) in [5, 5.41) is 2.60. The minimum Gasteiger partial charge on any atom is -0.309 e. The first-order valence-electron chi connectivity index (χ1n) is 17.6. The lowest BCUT2D eigenvalue weighted by molar-refractivity contribution is 0.587. The van der Waals surface area contributed by atoms with Crippen LogP contribution in [0.4, 0.5) is 0 Å². The van der Waals surface area contributed by atoms with Gasteiger partial charge >= 0.3 is 0 Å². The molecule has 0 aliphatic carbocycles. The van der Waals surface area contributed by atoms with Crippen molar-refractivity contribution in [1.82, 2.24) is 14.1 Å². The molecule has 6 aromatic carbocycles. The van der Waals surface area contributed by atoms with Gasteiger partial charge in [-0.2, -0.15) is 0 Å². The van der Waals surface area contributed by atoms with Crippen LogP contribution in [0.1, 0.15) is 48.7 Å². The summed E-state index contributed by atoms with van der Waals surface area (Å²) in [6, 6.07) is 46.5. The van der Waals surface area contributed by atoms with Crippen molar-refractivity contribution in [1.29, 1.82) is 0 Å². The number of aryl methyl sites for hydroxylation is 4. The Hall–Kier alpha value is -5.67. The maximum Gasteiger partial charge on any atom is 0.144 e. The molecule has 0 aliphatic rings. The zero-order chi connectivity index (χ0) is 34.7. The van der Waals surface area contributed by atoms with Crippen LogP contribution in [-0.2, 0) is 5.41 Å². The lowest BCUT2D eigenvalue weighted by atomic mass is 9.83. The Labute approximate surface area is 295 Å². The van der Waals surface area contributed by atoms with Crippen LogP contribution in [0.25, 0.3) is 66.8 Å². The number of hydrogen-bond acceptors (Lipinski definition) is 1. The van der Waals surface area contributed by atoms with Crippen LogP contribution >= 0.6 is 0 Å². The Bertz CT molecular complexity index is 2480. The molecule has 0 aliphatic heterocycles. The molecule has 0 atom stereocenters. The van der Waals surface area contributed by atoms with E-state index in [2.05, 4.69) is 185 Å². The summed E-state index contributed by atoms with van der Waals surface area (Å²) < 4.78 is 4.80. The van der Waals surface area contributed by atoms with Gasteiger partial charge in [0.25, 0.3) is 0 Å². The average molecular weight is 650 g/mol. The molecule has 50 heavy (non-hydrogen) atoms. The van der Waals surface area contributed by atoms with E-state index in [1.807, 2.05) is 6.20 Å². The molecule has 3 nitrogen and oxygen atoms in total. The molecule has 0 saturated heterocycles. The second-order valence-electron chi connectivity index (χ2n) is 14.8. The molecule has 0 spiro atoms. The SMILES string of the molecule is Cc1ccc2c(c1)c1cc(C(C)(C)C)c(C)cc1n2-c1ccc(-c2ncc(C)n2-c2c(-c3ccccc3)cccc2-c2ccccc2)cc1C. The van der Waals surface area contributed by atoms with E-state index in [0.29, 0.717) is 0 Å². The molecule has 8 aromatic rings. The topological polar surface area (TPSA) is 22.8 Å². The minimum atomic E-state index is 0.0631. The summed E-state index contributed by atoms with van der Waals surface area (Å²) in [4.78, 5) is 5.08. The lowest BCUT2D eigenvalue weighted by Gasteiger charge is -2.22. The molecule has 0 radical (unpaired) electrons. The first-order valence-corrected chi connectivity index (χ1v) is 17.6. The average Bonchev–Trinajstić information content (AvgIpc) is 3.64. The quantitative estimate of drug-likeness (QED) is 0.182. The van der Waals surface area contributed by atoms with Gasteiger partial charge in [0.2, 0.25) is 0 Å². The molecule has 0 N–H and O–H groups in total. The standard InChI is InChI=1S/C47H43N3/c1-30-21-23-43-39(25-30)40-28-41(47(5,6)7)31(2)27-44(40)50(43)42-24-22-36(26-32(42)3)46-48-29-33(4)49(46)45-37(34-15-10-8-11-16-34)19-14-20-38(45)35-17-12-9-13-18-35/h8-29H,1-7H3. The molecular formula is C47H43N3. The van der Waals surface area contributed by atoms with Crippen LogP contribution in [0.2, 0.25) is 0 Å². The molecule has 0 saturated carbocycles. The number of fused-ring (bicyclic) bond motifs is 3. The summed E-state index contributed by atoms with van der Waals surface area (Å²) >= 11 is 0. The molecular weight excluding hydrogens is 607 g/mol. The number of para-hydroxylation sites is 1. The summed E-state index contributed by atoms with van der Waals surface area (Å²) in [5.41, 5.74) is 16.9. The second kappa shape index (κ2) is 12.0. The Morgan fingerprint density at radius 3 is 1.78 bits per heavy atom. The molecule has 2 heterocycles. The fourth-order valence-electron chi connectivity index (χ4n) is 7.81. The third-order valence-electron chi connectivity index (χ3n) is 10.1. The monoisotopic (exact) mass is 649 g/mol. The van der Waals surface area contributed by atoms with E-state index in [0.717, 1.165) is 22.8 Å². The van der Waals surface area contributed by atoms with Crippen molar-refractivity contribution in [3.63, 3.8) is 0 Å². The van der Waals surface area contributed by atoms with Crippen LogP contribution in [0.3, 0.4) is 0 Å². The van der Waals surface area contributed by atoms with Crippen molar-refractivity contribution in [3.05, 3.63) is 162 Å². The van der Waals surface area contributed by atoms with Crippen molar-refractivity contribution in [2.24, 2.45) is 0 Å². The molecule has 2 aromatic heterocycles. The predicted molar refractivity (Wildman–Crippen MR) is 212 cm³/mol. The van der Waals surface area contributed by atoms with Gasteiger partial charge in [0.05, 0.1) is 16.7 Å². The minimum absolute atomic E-state index is 0.0631. The zero-order valence-corrected chi connectivity index (χ0v) is 30.0. The number of benzene rings is 6. The Morgan fingerprint density at radius 2 is 1.16 bits per heavy atom. The van der Waals surface area contributed by atoms with Gasteiger partial charge in [0.15, 0.2) is 0 Å². The van der Waals surface area contributed by atoms with Crippen molar-refractivity contribution >= 4 is 21.8 Å². The third kappa shape index (κ3) is 5.25. The summed E-state index contributed by atoms with van der Waals surface area (Å²) in [6.07, 6.45) is 2.00. The van der Waals surface area contributed by atoms with Crippen molar-refractivity contribution in [3.8, 4) is 45.0 Å². The van der Waals surface area contributed by atoms with Gasteiger partial charge in [-0.05, 0) is 103 Å². The van der Waals surface area contributed by atoms with Crippen molar-refractivity contribution in [2.45, 2.75) is 53.9 Å². The van der Waals surface area contributed by atoms with E-state index >= 15 is 0 Å². The number of nitrogens with zero attached hydrogens (tertiary/aromatic N) is 3. The highest BCUT2D eigenvalue weighted by Crippen LogP contribution is 2.41. The first kappa shape index (κ1) is 31.6. The largest absolute Gasteiger partial charge is 0.309 e. The van der Waals surface area contributed by atoms with E-state index in [1.165, 1.54) is 72.0 Å². The van der Waals surface area contributed by atoms with Gasteiger partial charge in [-0.3, -0.25) is 4.57 Å². The smallest absolute Gasteiger partial charge is 0.144 e. The lowest BCUT2D eigenvalue weighted by Crippen LogP contribution is -2.13. The highest BCUT2D eigenvalue weighted by atomic mass is 15.1. The molecule has 246 valence electrons. The zero-order valence-electron chi connectivity index (χ0n) is 30.0. The summed E-state index contributed by atoms with van der Waals surface area (Å²) in [7, 11) is 0. The number of rotatable bonds is 5. The van der Waals surface area contributed by atoms with E-state index in [-0.39, 0.29) is 5.41 Å². The molecule has 0 fully saturated rings. The molecule has 0 bridgehead atoms. The van der Waals surface area contributed by atoms with Crippen LogP contribution < -0.4 is 0 Å². The maximum absolute atomic E-state index is 5.08. The number of imidazole rings is 1. The second-order valence-corrected chi connectivity index (χ2v) is 14.8. The predicted octanol–water partition coefficient (Wildman–Crippen LogP) is 12.5. The van der Waals surface area contributed by atoms with Gasteiger partial charge in [-0.15, -0.1) is 0 Å².